The van der Waals surface area contributed by atoms with Crippen LogP contribution < -0.4 is 10.1 Å². The molecule has 0 atom stereocenters. The number of ether oxygens (including phenoxy) is 1. The molecule has 1 aliphatic heterocycles. The molecule has 0 saturated carbocycles. The van der Waals surface area contributed by atoms with Gasteiger partial charge in [0, 0.05) is 31.3 Å². The van der Waals surface area contributed by atoms with Gasteiger partial charge in [-0.1, -0.05) is 12.1 Å². The summed E-state index contributed by atoms with van der Waals surface area (Å²) in [5.41, 5.74) is 1.91. The first-order valence-corrected chi connectivity index (χ1v) is 11.4. The van der Waals surface area contributed by atoms with E-state index >= 15 is 0 Å². The van der Waals surface area contributed by atoms with Gasteiger partial charge in [0.1, 0.15) is 5.75 Å². The topological polar surface area (TPSA) is 119 Å². The van der Waals surface area contributed by atoms with Crippen molar-refractivity contribution in [2.75, 3.05) is 19.7 Å². The van der Waals surface area contributed by atoms with Crippen molar-refractivity contribution in [3.8, 4) is 5.75 Å². The van der Waals surface area contributed by atoms with E-state index in [1.165, 1.54) is 28.6 Å². The number of nitrogens with zero attached hydrogens (tertiary/aromatic N) is 2. The van der Waals surface area contributed by atoms with E-state index in [2.05, 4.69) is 5.32 Å². The molecule has 1 amide bonds. The molecule has 0 aliphatic carbocycles. The highest BCUT2D eigenvalue weighted by Gasteiger charge is 2.30. The summed E-state index contributed by atoms with van der Waals surface area (Å²) < 4.78 is 32.5. The Hall–Kier alpha value is -2.98. The van der Waals surface area contributed by atoms with Crippen molar-refractivity contribution >= 4 is 21.6 Å². The van der Waals surface area contributed by atoms with Crippen LogP contribution in [0, 0.1) is 24.0 Å². The van der Waals surface area contributed by atoms with E-state index in [0.29, 0.717) is 18.6 Å². The average Bonchev–Trinajstić information content (AvgIpc) is 2.75. The van der Waals surface area contributed by atoms with Gasteiger partial charge < -0.3 is 10.1 Å². The van der Waals surface area contributed by atoms with E-state index in [0.717, 1.165) is 11.1 Å². The maximum atomic E-state index is 12.8. The van der Waals surface area contributed by atoms with Crippen LogP contribution in [0.4, 0.5) is 5.69 Å². The number of carbonyl (C=O) groups is 1. The second kappa shape index (κ2) is 9.44. The van der Waals surface area contributed by atoms with Crippen molar-refractivity contribution in [3.05, 3.63) is 63.7 Å². The van der Waals surface area contributed by atoms with E-state index in [9.17, 15) is 23.3 Å². The summed E-state index contributed by atoms with van der Waals surface area (Å²) in [4.78, 5) is 22.4. The van der Waals surface area contributed by atoms with E-state index in [1.54, 1.807) is 0 Å². The van der Waals surface area contributed by atoms with Crippen LogP contribution in [0.5, 0.6) is 5.75 Å². The zero-order chi connectivity index (χ0) is 22.6. The molecule has 2 aromatic rings. The zero-order valence-corrected chi connectivity index (χ0v) is 18.2. The number of nitro benzene ring substituents is 1. The maximum Gasteiger partial charge on any atom is 0.269 e. The molecule has 10 heteroatoms. The second-order valence-corrected chi connectivity index (χ2v) is 9.42. The Kier molecular flexibility index (Phi) is 6.91. The van der Waals surface area contributed by atoms with Crippen molar-refractivity contribution in [2.24, 2.45) is 0 Å². The molecule has 9 nitrogen and oxygen atoms in total. The standard InChI is InChI=1S/C21H25N3O6S/c1-15-4-3-5-20(16(15)2)30-14-21(25)22-17-10-12-23(13-11-17)31(28,29)19-8-6-18(7-9-19)24(26)27/h3-9,17H,10-14H2,1-2H3,(H,22,25). The van der Waals surface area contributed by atoms with Gasteiger partial charge in [-0.3, -0.25) is 14.9 Å². The van der Waals surface area contributed by atoms with Crippen molar-refractivity contribution in [3.63, 3.8) is 0 Å². The second-order valence-electron chi connectivity index (χ2n) is 7.48. The van der Waals surface area contributed by atoms with Gasteiger partial charge in [-0.15, -0.1) is 0 Å². The van der Waals surface area contributed by atoms with Crippen LogP contribution in [0.25, 0.3) is 0 Å². The lowest BCUT2D eigenvalue weighted by molar-refractivity contribution is -0.384. The highest BCUT2D eigenvalue weighted by atomic mass is 32.2. The number of nitro groups is 1. The number of carbonyl (C=O) groups excluding carboxylic acids is 1. The Labute approximate surface area is 181 Å². The molecule has 2 aromatic carbocycles. The van der Waals surface area contributed by atoms with E-state index in [-0.39, 0.29) is 42.2 Å². The smallest absolute Gasteiger partial charge is 0.269 e. The average molecular weight is 448 g/mol. The highest BCUT2D eigenvalue weighted by molar-refractivity contribution is 7.89. The number of amides is 1. The number of aryl methyl sites for hydroxylation is 1. The van der Waals surface area contributed by atoms with Crippen LogP contribution in [0.1, 0.15) is 24.0 Å². The first kappa shape index (κ1) is 22.7. The predicted molar refractivity (Wildman–Crippen MR) is 114 cm³/mol. The summed E-state index contributed by atoms with van der Waals surface area (Å²) >= 11 is 0. The molecule has 0 aromatic heterocycles. The van der Waals surface area contributed by atoms with E-state index in [4.69, 9.17) is 4.74 Å². The monoisotopic (exact) mass is 447 g/mol. The largest absolute Gasteiger partial charge is 0.483 e. The number of hydrogen-bond donors (Lipinski definition) is 1. The third kappa shape index (κ3) is 5.39. The minimum atomic E-state index is -3.74. The molecule has 3 rings (SSSR count). The Bertz CT molecular complexity index is 1060. The molecule has 0 radical (unpaired) electrons. The van der Waals surface area contributed by atoms with Crippen molar-refractivity contribution in [1.82, 2.24) is 9.62 Å². The Morgan fingerprint density at radius 2 is 1.81 bits per heavy atom. The molecule has 1 saturated heterocycles. The Balaban J connectivity index is 1.51. The van der Waals surface area contributed by atoms with Crippen LogP contribution in [-0.2, 0) is 14.8 Å². The summed E-state index contributed by atoms with van der Waals surface area (Å²) in [6, 6.07) is 10.4. The van der Waals surface area contributed by atoms with E-state index < -0.39 is 14.9 Å². The van der Waals surface area contributed by atoms with Gasteiger partial charge in [-0.25, -0.2) is 8.42 Å². The van der Waals surface area contributed by atoms with Crippen molar-refractivity contribution in [2.45, 2.75) is 37.6 Å². The quantitative estimate of drug-likeness (QED) is 0.515. The van der Waals surface area contributed by atoms with Gasteiger partial charge in [0.05, 0.1) is 9.82 Å². The lowest BCUT2D eigenvalue weighted by Crippen LogP contribution is -2.47. The minimum Gasteiger partial charge on any atom is -0.483 e. The Morgan fingerprint density at radius 3 is 2.42 bits per heavy atom. The molecule has 166 valence electrons. The predicted octanol–water partition coefficient (Wildman–Crippen LogP) is 2.56. The van der Waals surface area contributed by atoms with Crippen molar-refractivity contribution < 1.29 is 22.9 Å². The molecular formula is C21H25N3O6S. The van der Waals surface area contributed by atoms with Crippen molar-refractivity contribution in [1.29, 1.82) is 0 Å². The lowest BCUT2D eigenvalue weighted by atomic mass is 10.1. The molecule has 0 spiro atoms. The fourth-order valence-electron chi connectivity index (χ4n) is 3.42. The number of benzene rings is 2. The molecule has 31 heavy (non-hydrogen) atoms. The molecule has 1 aliphatic rings. The zero-order valence-electron chi connectivity index (χ0n) is 17.4. The SMILES string of the molecule is Cc1cccc(OCC(=O)NC2CCN(S(=O)(=O)c3ccc([N+](=O)[O-])cc3)CC2)c1C. The molecule has 1 fully saturated rings. The van der Waals surface area contributed by atoms with Gasteiger partial charge in [-0.05, 0) is 56.0 Å². The first-order chi connectivity index (χ1) is 14.7. The molecule has 0 bridgehead atoms. The number of non-ortho nitro benzene ring substituents is 1. The summed E-state index contributed by atoms with van der Waals surface area (Å²) in [5.74, 6) is 0.414. The summed E-state index contributed by atoms with van der Waals surface area (Å²) in [6.45, 7) is 4.31. The maximum absolute atomic E-state index is 12.8. The van der Waals surface area contributed by atoms with Gasteiger partial charge >= 0.3 is 0 Å². The number of rotatable bonds is 7. The summed E-state index contributed by atoms with van der Waals surface area (Å²) in [5, 5.41) is 13.6. The molecule has 1 N–H and O–H groups in total. The molecular weight excluding hydrogens is 422 g/mol. The van der Waals surface area contributed by atoms with Crippen LogP contribution in [-0.4, -0.2) is 49.3 Å². The lowest BCUT2D eigenvalue weighted by Gasteiger charge is -2.31. The van der Waals surface area contributed by atoms with Gasteiger partial charge in [-0.2, -0.15) is 4.31 Å². The van der Waals surface area contributed by atoms with Gasteiger partial charge in [0.15, 0.2) is 6.61 Å². The molecule has 0 unspecified atom stereocenters. The number of sulfonamides is 1. The molecule has 1 heterocycles. The number of piperidine rings is 1. The summed E-state index contributed by atoms with van der Waals surface area (Å²) in [6.07, 6.45) is 0.947. The van der Waals surface area contributed by atoms with Crippen LogP contribution in [0.2, 0.25) is 0 Å². The fraction of sp³-hybridized carbons (Fsp3) is 0.381. The normalized spacial score (nSPS) is 15.4. The van der Waals surface area contributed by atoms with Crippen LogP contribution >= 0.6 is 0 Å². The fourth-order valence-corrected chi connectivity index (χ4v) is 4.89. The number of nitrogens with one attached hydrogen (secondary N) is 1. The van der Waals surface area contributed by atoms with Gasteiger partial charge in [0.2, 0.25) is 10.0 Å². The Morgan fingerprint density at radius 1 is 1.16 bits per heavy atom. The van der Waals surface area contributed by atoms with Crippen LogP contribution in [0.15, 0.2) is 47.4 Å². The third-order valence-corrected chi connectivity index (χ3v) is 7.33. The number of hydrogen-bond acceptors (Lipinski definition) is 6. The third-order valence-electron chi connectivity index (χ3n) is 5.42. The highest BCUT2D eigenvalue weighted by Crippen LogP contribution is 2.23. The van der Waals surface area contributed by atoms with Crippen LogP contribution in [0.3, 0.4) is 0 Å². The summed E-state index contributed by atoms with van der Waals surface area (Å²) in [7, 11) is -3.74. The first-order valence-electron chi connectivity index (χ1n) is 9.91. The minimum absolute atomic E-state index is 0.0162. The van der Waals surface area contributed by atoms with E-state index in [1.807, 2.05) is 32.0 Å². The van der Waals surface area contributed by atoms with Gasteiger partial charge in [0.25, 0.3) is 11.6 Å².